The van der Waals surface area contributed by atoms with Crippen molar-refractivity contribution >= 4 is 40.4 Å². The standard InChI is InChI=1S/C21H17ClN2O2S/c22-19-9-8-18(27-19)20(25)23-17-7-6-14-10-11-24(13-16(14)12-17)21(26)15-4-2-1-3-5-15/h1-9,12H,10-11,13H2,(H,23,25). The van der Waals surface area contributed by atoms with Gasteiger partial charge in [0.1, 0.15) is 0 Å². The maximum Gasteiger partial charge on any atom is 0.265 e. The molecule has 0 saturated carbocycles. The number of halogens is 1. The minimum atomic E-state index is -0.181. The Morgan fingerprint density at radius 3 is 2.56 bits per heavy atom. The van der Waals surface area contributed by atoms with E-state index >= 15 is 0 Å². The molecule has 0 atom stereocenters. The van der Waals surface area contributed by atoms with Gasteiger partial charge in [-0.05, 0) is 53.9 Å². The third-order valence-electron chi connectivity index (χ3n) is 4.58. The second-order valence-electron chi connectivity index (χ2n) is 6.38. The number of anilines is 1. The van der Waals surface area contributed by atoms with E-state index in [1.807, 2.05) is 53.4 Å². The van der Waals surface area contributed by atoms with Gasteiger partial charge in [0.2, 0.25) is 0 Å². The molecule has 1 aliphatic heterocycles. The summed E-state index contributed by atoms with van der Waals surface area (Å²) >= 11 is 7.15. The molecule has 0 saturated heterocycles. The summed E-state index contributed by atoms with van der Waals surface area (Å²) in [5.41, 5.74) is 3.69. The van der Waals surface area contributed by atoms with E-state index in [9.17, 15) is 9.59 Å². The lowest BCUT2D eigenvalue weighted by molar-refractivity contribution is 0.0734. The molecule has 0 aliphatic carbocycles. The number of hydrogen-bond acceptors (Lipinski definition) is 3. The van der Waals surface area contributed by atoms with Crippen molar-refractivity contribution in [1.29, 1.82) is 0 Å². The van der Waals surface area contributed by atoms with Crippen LogP contribution in [0.4, 0.5) is 5.69 Å². The molecule has 0 radical (unpaired) electrons. The van der Waals surface area contributed by atoms with Gasteiger partial charge in [-0.15, -0.1) is 11.3 Å². The fourth-order valence-corrected chi connectivity index (χ4v) is 4.14. The van der Waals surface area contributed by atoms with Gasteiger partial charge in [0.25, 0.3) is 11.8 Å². The summed E-state index contributed by atoms with van der Waals surface area (Å²) < 4.78 is 0.584. The van der Waals surface area contributed by atoms with Crippen LogP contribution in [0.1, 0.15) is 31.2 Å². The van der Waals surface area contributed by atoms with Crippen LogP contribution in [0, 0.1) is 0 Å². The smallest absolute Gasteiger partial charge is 0.265 e. The molecule has 4 nitrogen and oxygen atoms in total. The molecule has 6 heteroatoms. The van der Waals surface area contributed by atoms with Gasteiger partial charge in [-0.3, -0.25) is 9.59 Å². The minimum Gasteiger partial charge on any atom is -0.334 e. The van der Waals surface area contributed by atoms with E-state index in [1.165, 1.54) is 16.9 Å². The summed E-state index contributed by atoms with van der Waals surface area (Å²) in [6, 6.07) is 18.6. The molecular weight excluding hydrogens is 380 g/mol. The number of benzene rings is 2. The van der Waals surface area contributed by atoms with Crippen LogP contribution in [0.15, 0.2) is 60.7 Å². The third-order valence-corrected chi connectivity index (χ3v) is 5.81. The summed E-state index contributed by atoms with van der Waals surface area (Å²) in [6.07, 6.45) is 0.808. The summed E-state index contributed by atoms with van der Waals surface area (Å²) in [5, 5.41) is 2.91. The Labute approximate surface area is 166 Å². The maximum atomic E-state index is 12.7. The number of hydrogen-bond donors (Lipinski definition) is 1. The van der Waals surface area contributed by atoms with Crippen molar-refractivity contribution in [3.05, 3.63) is 86.6 Å². The van der Waals surface area contributed by atoms with Crippen molar-refractivity contribution in [1.82, 2.24) is 4.90 Å². The topological polar surface area (TPSA) is 49.4 Å². The first-order valence-electron chi connectivity index (χ1n) is 8.63. The number of thiophene rings is 1. The zero-order valence-corrected chi connectivity index (χ0v) is 16.0. The summed E-state index contributed by atoms with van der Waals surface area (Å²) in [5.74, 6) is -0.149. The fraction of sp³-hybridized carbons (Fsp3) is 0.143. The average molecular weight is 397 g/mol. The summed E-state index contributed by atoms with van der Waals surface area (Å²) in [4.78, 5) is 27.5. The van der Waals surface area contributed by atoms with Crippen LogP contribution in [0.25, 0.3) is 0 Å². The Hall–Kier alpha value is -2.63. The molecule has 136 valence electrons. The first-order chi connectivity index (χ1) is 13.1. The SMILES string of the molecule is O=C(Nc1ccc2c(c1)CN(C(=O)c1ccccc1)CC2)c1ccc(Cl)s1. The zero-order chi connectivity index (χ0) is 18.8. The van der Waals surface area contributed by atoms with Gasteiger partial charge in [0.05, 0.1) is 9.21 Å². The molecule has 1 aliphatic rings. The monoisotopic (exact) mass is 396 g/mol. The van der Waals surface area contributed by atoms with Crippen LogP contribution >= 0.6 is 22.9 Å². The van der Waals surface area contributed by atoms with Crippen molar-refractivity contribution in [3.63, 3.8) is 0 Å². The molecule has 0 spiro atoms. The predicted molar refractivity (Wildman–Crippen MR) is 109 cm³/mol. The number of carbonyl (C=O) groups is 2. The Morgan fingerprint density at radius 1 is 1.00 bits per heavy atom. The molecule has 1 aromatic heterocycles. The van der Waals surface area contributed by atoms with E-state index in [1.54, 1.807) is 12.1 Å². The van der Waals surface area contributed by atoms with E-state index in [4.69, 9.17) is 11.6 Å². The third kappa shape index (κ3) is 3.89. The molecule has 2 aromatic carbocycles. The number of rotatable bonds is 3. The van der Waals surface area contributed by atoms with Crippen molar-refractivity contribution < 1.29 is 9.59 Å². The first-order valence-corrected chi connectivity index (χ1v) is 9.82. The predicted octanol–water partition coefficient (Wildman–Crippen LogP) is 4.85. The molecule has 2 amide bonds. The highest BCUT2D eigenvalue weighted by molar-refractivity contribution is 7.18. The van der Waals surface area contributed by atoms with E-state index < -0.39 is 0 Å². The van der Waals surface area contributed by atoms with Crippen LogP contribution in [0.2, 0.25) is 4.34 Å². The lowest BCUT2D eigenvalue weighted by Gasteiger charge is -2.29. The van der Waals surface area contributed by atoms with Crippen LogP contribution in [-0.2, 0) is 13.0 Å². The molecule has 0 unspecified atom stereocenters. The molecule has 0 fully saturated rings. The average Bonchev–Trinajstić information content (AvgIpc) is 3.14. The highest BCUT2D eigenvalue weighted by Gasteiger charge is 2.22. The number of nitrogens with zero attached hydrogens (tertiary/aromatic N) is 1. The van der Waals surface area contributed by atoms with Crippen LogP contribution in [0.5, 0.6) is 0 Å². The van der Waals surface area contributed by atoms with Gasteiger partial charge in [-0.1, -0.05) is 35.9 Å². The molecule has 27 heavy (non-hydrogen) atoms. The first kappa shape index (κ1) is 17.8. The number of nitrogens with one attached hydrogen (secondary N) is 1. The lowest BCUT2D eigenvalue weighted by atomic mass is 9.98. The zero-order valence-electron chi connectivity index (χ0n) is 14.4. The maximum absolute atomic E-state index is 12.7. The van der Waals surface area contributed by atoms with E-state index in [2.05, 4.69) is 5.32 Å². The van der Waals surface area contributed by atoms with E-state index in [-0.39, 0.29) is 11.8 Å². The number of carbonyl (C=O) groups excluding carboxylic acids is 2. The van der Waals surface area contributed by atoms with Gasteiger partial charge in [-0.25, -0.2) is 0 Å². The van der Waals surface area contributed by atoms with E-state index in [0.717, 1.165) is 17.7 Å². The Balaban J connectivity index is 1.50. The van der Waals surface area contributed by atoms with Crippen molar-refractivity contribution in [2.75, 3.05) is 11.9 Å². The normalized spacial score (nSPS) is 13.1. The van der Waals surface area contributed by atoms with Gasteiger partial charge >= 0.3 is 0 Å². The summed E-state index contributed by atoms with van der Waals surface area (Å²) in [6.45, 7) is 1.23. The number of amides is 2. The van der Waals surface area contributed by atoms with E-state index in [0.29, 0.717) is 27.9 Å². The lowest BCUT2D eigenvalue weighted by Crippen LogP contribution is -2.36. The quantitative estimate of drug-likeness (QED) is 0.687. The Morgan fingerprint density at radius 2 is 1.81 bits per heavy atom. The Kier molecular flexibility index (Phi) is 4.97. The van der Waals surface area contributed by atoms with Gasteiger partial charge in [0.15, 0.2) is 0 Å². The highest BCUT2D eigenvalue weighted by Crippen LogP contribution is 2.26. The molecule has 1 N–H and O–H groups in total. The molecule has 2 heterocycles. The molecular formula is C21H17ClN2O2S. The van der Waals surface area contributed by atoms with Crippen molar-refractivity contribution in [3.8, 4) is 0 Å². The van der Waals surface area contributed by atoms with Crippen LogP contribution < -0.4 is 5.32 Å². The molecule has 4 rings (SSSR count). The van der Waals surface area contributed by atoms with Gasteiger partial charge in [-0.2, -0.15) is 0 Å². The van der Waals surface area contributed by atoms with Crippen molar-refractivity contribution in [2.24, 2.45) is 0 Å². The highest BCUT2D eigenvalue weighted by atomic mass is 35.5. The second-order valence-corrected chi connectivity index (χ2v) is 8.10. The van der Waals surface area contributed by atoms with Crippen LogP contribution in [-0.4, -0.2) is 23.3 Å². The molecule has 0 bridgehead atoms. The van der Waals surface area contributed by atoms with Gasteiger partial charge in [0, 0.05) is 24.3 Å². The Bertz CT molecular complexity index is 1000. The largest absolute Gasteiger partial charge is 0.334 e. The fourth-order valence-electron chi connectivity index (χ4n) is 3.20. The van der Waals surface area contributed by atoms with Gasteiger partial charge < -0.3 is 10.2 Å². The number of fused-ring (bicyclic) bond motifs is 1. The van der Waals surface area contributed by atoms with Crippen LogP contribution in [0.3, 0.4) is 0 Å². The molecule has 3 aromatic rings. The second kappa shape index (κ2) is 7.55. The summed E-state index contributed by atoms with van der Waals surface area (Å²) in [7, 11) is 0. The minimum absolute atomic E-state index is 0.0314. The van der Waals surface area contributed by atoms with Crippen molar-refractivity contribution in [2.45, 2.75) is 13.0 Å².